The van der Waals surface area contributed by atoms with Gasteiger partial charge in [-0.3, -0.25) is 9.78 Å². The topological polar surface area (TPSA) is 101 Å². The molecule has 0 aliphatic carbocycles. The number of fused-ring (bicyclic) bond motifs is 1. The number of nitrogens with zero attached hydrogens (tertiary/aromatic N) is 4. The van der Waals surface area contributed by atoms with Crippen LogP contribution >= 0.6 is 0 Å². The van der Waals surface area contributed by atoms with Crippen LogP contribution in [0.2, 0.25) is 0 Å². The zero-order valence-electron chi connectivity index (χ0n) is 18.4. The molecule has 0 radical (unpaired) electrons. The van der Waals surface area contributed by atoms with Gasteiger partial charge in [-0.2, -0.15) is 4.98 Å². The van der Waals surface area contributed by atoms with Crippen LogP contribution in [0, 0.1) is 0 Å². The summed E-state index contributed by atoms with van der Waals surface area (Å²) in [5.74, 6) is 2.68. The summed E-state index contributed by atoms with van der Waals surface area (Å²) in [5, 5.41) is 7.53. The molecule has 0 unspecified atom stereocenters. The minimum Gasteiger partial charge on any atom is -0.493 e. The third-order valence-corrected chi connectivity index (χ3v) is 5.44. The van der Waals surface area contributed by atoms with Crippen molar-refractivity contribution >= 4 is 28.6 Å². The molecule has 32 heavy (non-hydrogen) atoms. The van der Waals surface area contributed by atoms with E-state index in [-0.39, 0.29) is 5.91 Å². The fraction of sp³-hybridized carbons (Fsp3) is 0.391. The standard InChI is InChI=1S/C23H28N6O3/c1-31-19-12-17-18(13-20(19)32-2)27-23(26-15-16-6-3-8-24-14-16)28-22(17)25-9-5-11-29-10-4-7-21(29)30/h3,6,8,12-14H,4-5,7,9-11,15H2,1-2H3,(H2,25,26,27,28). The number of methoxy groups -OCH3 is 2. The van der Waals surface area contributed by atoms with E-state index in [1.807, 2.05) is 29.2 Å². The van der Waals surface area contributed by atoms with E-state index in [0.717, 1.165) is 42.4 Å². The van der Waals surface area contributed by atoms with Crippen LogP contribution in [0.4, 0.5) is 11.8 Å². The molecule has 1 aliphatic rings. The number of hydrogen-bond donors (Lipinski definition) is 2. The van der Waals surface area contributed by atoms with Crippen molar-refractivity contribution in [3.8, 4) is 11.5 Å². The molecule has 1 fully saturated rings. The van der Waals surface area contributed by atoms with Gasteiger partial charge in [-0.05, 0) is 30.5 Å². The Hall–Kier alpha value is -3.62. The monoisotopic (exact) mass is 436 g/mol. The number of likely N-dealkylation sites (tertiary alicyclic amines) is 1. The number of pyridine rings is 1. The van der Waals surface area contributed by atoms with Crippen LogP contribution < -0.4 is 20.1 Å². The zero-order chi connectivity index (χ0) is 22.3. The summed E-state index contributed by atoms with van der Waals surface area (Å²) in [5.41, 5.74) is 1.77. The van der Waals surface area contributed by atoms with E-state index in [4.69, 9.17) is 14.5 Å². The quantitative estimate of drug-likeness (QED) is 0.468. The summed E-state index contributed by atoms with van der Waals surface area (Å²) in [6.07, 6.45) is 6.01. The maximum atomic E-state index is 11.8. The third kappa shape index (κ3) is 4.99. The lowest BCUT2D eigenvalue weighted by molar-refractivity contribution is -0.127. The normalized spacial score (nSPS) is 13.4. The first-order valence-electron chi connectivity index (χ1n) is 10.8. The summed E-state index contributed by atoms with van der Waals surface area (Å²) < 4.78 is 10.9. The van der Waals surface area contributed by atoms with Gasteiger partial charge in [0, 0.05) is 56.4 Å². The van der Waals surface area contributed by atoms with Gasteiger partial charge in [0.15, 0.2) is 11.5 Å². The molecule has 3 aromatic rings. The van der Waals surface area contributed by atoms with Crippen LogP contribution in [0.1, 0.15) is 24.8 Å². The maximum Gasteiger partial charge on any atom is 0.225 e. The Kier molecular flexibility index (Phi) is 6.84. The van der Waals surface area contributed by atoms with Crippen molar-refractivity contribution in [2.24, 2.45) is 0 Å². The van der Waals surface area contributed by atoms with Gasteiger partial charge in [0.05, 0.1) is 19.7 Å². The second-order valence-corrected chi connectivity index (χ2v) is 7.60. The molecule has 3 heterocycles. The van der Waals surface area contributed by atoms with Crippen molar-refractivity contribution in [2.45, 2.75) is 25.8 Å². The van der Waals surface area contributed by atoms with Gasteiger partial charge < -0.3 is 25.0 Å². The number of carbonyl (C=O) groups excluding carboxylic acids is 1. The molecule has 0 atom stereocenters. The summed E-state index contributed by atoms with van der Waals surface area (Å²) in [6, 6.07) is 7.62. The van der Waals surface area contributed by atoms with E-state index in [2.05, 4.69) is 20.6 Å². The summed E-state index contributed by atoms with van der Waals surface area (Å²) in [7, 11) is 3.21. The highest BCUT2D eigenvalue weighted by Crippen LogP contribution is 2.34. The van der Waals surface area contributed by atoms with E-state index in [1.165, 1.54) is 0 Å². The number of benzene rings is 1. The van der Waals surface area contributed by atoms with E-state index in [1.54, 1.807) is 26.6 Å². The van der Waals surface area contributed by atoms with E-state index in [0.29, 0.717) is 42.8 Å². The second kappa shape index (κ2) is 10.1. The predicted molar refractivity (Wildman–Crippen MR) is 123 cm³/mol. The van der Waals surface area contributed by atoms with Crippen molar-refractivity contribution < 1.29 is 14.3 Å². The Balaban J connectivity index is 1.54. The second-order valence-electron chi connectivity index (χ2n) is 7.60. The predicted octanol–water partition coefficient (Wildman–Crippen LogP) is 3.08. The Labute approximate surface area is 187 Å². The zero-order valence-corrected chi connectivity index (χ0v) is 18.4. The van der Waals surface area contributed by atoms with Crippen LogP contribution in [0.5, 0.6) is 11.5 Å². The highest BCUT2D eigenvalue weighted by Gasteiger charge is 2.19. The molecule has 1 aliphatic heterocycles. The number of hydrogen-bond acceptors (Lipinski definition) is 8. The molecule has 0 spiro atoms. The Bertz CT molecular complexity index is 1080. The molecule has 1 amide bonds. The Morgan fingerprint density at radius 1 is 1.12 bits per heavy atom. The number of rotatable bonds is 10. The maximum absolute atomic E-state index is 11.8. The first-order chi connectivity index (χ1) is 15.7. The van der Waals surface area contributed by atoms with E-state index >= 15 is 0 Å². The number of anilines is 2. The molecule has 1 saturated heterocycles. The first kappa shape index (κ1) is 21.6. The highest BCUT2D eigenvalue weighted by molar-refractivity contribution is 5.92. The van der Waals surface area contributed by atoms with Gasteiger partial charge in [-0.15, -0.1) is 0 Å². The SMILES string of the molecule is COc1cc2nc(NCc3cccnc3)nc(NCCCN3CCCC3=O)c2cc1OC. The smallest absolute Gasteiger partial charge is 0.225 e. The summed E-state index contributed by atoms with van der Waals surface area (Å²) in [6.45, 7) is 2.85. The molecule has 1 aromatic carbocycles. The molecule has 2 N–H and O–H groups in total. The molecular formula is C23H28N6O3. The molecule has 4 rings (SSSR count). The molecule has 9 nitrogen and oxygen atoms in total. The molecule has 2 aromatic heterocycles. The van der Waals surface area contributed by atoms with Crippen molar-refractivity contribution in [2.75, 3.05) is 44.5 Å². The molecule has 9 heteroatoms. The number of amides is 1. The van der Waals surface area contributed by atoms with Gasteiger partial charge in [-0.25, -0.2) is 4.98 Å². The average Bonchev–Trinajstić information content (AvgIpc) is 3.24. The van der Waals surface area contributed by atoms with Gasteiger partial charge in [0.2, 0.25) is 11.9 Å². The van der Waals surface area contributed by atoms with Gasteiger partial charge in [-0.1, -0.05) is 6.07 Å². The third-order valence-electron chi connectivity index (χ3n) is 5.44. The van der Waals surface area contributed by atoms with E-state index in [9.17, 15) is 4.79 Å². The van der Waals surface area contributed by atoms with Crippen LogP contribution in [0.25, 0.3) is 10.9 Å². The molecule has 168 valence electrons. The largest absolute Gasteiger partial charge is 0.493 e. The number of carbonyl (C=O) groups is 1. The lowest BCUT2D eigenvalue weighted by Crippen LogP contribution is -2.27. The van der Waals surface area contributed by atoms with Crippen molar-refractivity contribution in [3.63, 3.8) is 0 Å². The van der Waals surface area contributed by atoms with Crippen LogP contribution in [-0.4, -0.2) is 59.6 Å². The van der Waals surface area contributed by atoms with Gasteiger partial charge >= 0.3 is 0 Å². The minimum absolute atomic E-state index is 0.246. The Morgan fingerprint density at radius 2 is 1.97 bits per heavy atom. The average molecular weight is 437 g/mol. The van der Waals surface area contributed by atoms with Crippen LogP contribution in [-0.2, 0) is 11.3 Å². The lowest BCUT2D eigenvalue weighted by Gasteiger charge is -2.17. The van der Waals surface area contributed by atoms with Crippen LogP contribution in [0.15, 0.2) is 36.7 Å². The Morgan fingerprint density at radius 3 is 2.69 bits per heavy atom. The molecular weight excluding hydrogens is 408 g/mol. The van der Waals surface area contributed by atoms with Gasteiger partial charge in [0.1, 0.15) is 5.82 Å². The number of nitrogens with one attached hydrogen (secondary N) is 2. The van der Waals surface area contributed by atoms with Crippen molar-refractivity contribution in [1.82, 2.24) is 19.9 Å². The summed E-state index contributed by atoms with van der Waals surface area (Å²) in [4.78, 5) is 27.3. The fourth-order valence-corrected chi connectivity index (χ4v) is 3.77. The highest BCUT2D eigenvalue weighted by atomic mass is 16.5. The van der Waals surface area contributed by atoms with Crippen LogP contribution in [0.3, 0.4) is 0 Å². The molecule has 0 bridgehead atoms. The lowest BCUT2D eigenvalue weighted by atomic mass is 10.2. The minimum atomic E-state index is 0.246. The number of aromatic nitrogens is 3. The van der Waals surface area contributed by atoms with Crippen molar-refractivity contribution in [3.05, 3.63) is 42.2 Å². The molecule has 0 saturated carbocycles. The van der Waals surface area contributed by atoms with E-state index < -0.39 is 0 Å². The summed E-state index contributed by atoms with van der Waals surface area (Å²) >= 11 is 0. The first-order valence-corrected chi connectivity index (χ1v) is 10.8. The van der Waals surface area contributed by atoms with Gasteiger partial charge in [0.25, 0.3) is 0 Å². The number of ether oxygens (including phenoxy) is 2. The van der Waals surface area contributed by atoms with Crippen molar-refractivity contribution in [1.29, 1.82) is 0 Å². The fourth-order valence-electron chi connectivity index (χ4n) is 3.77.